The summed E-state index contributed by atoms with van der Waals surface area (Å²) in [6.45, 7) is 2.30. The van der Waals surface area contributed by atoms with E-state index in [1.165, 1.54) is 10.4 Å². The largest absolute Gasteiger partial charge is 0.372 e. The lowest BCUT2D eigenvalue weighted by Gasteiger charge is -2.26. The first-order chi connectivity index (χ1) is 12.4. The predicted molar refractivity (Wildman–Crippen MR) is 128 cm³/mol. The van der Waals surface area contributed by atoms with Gasteiger partial charge in [-0.25, -0.2) is 0 Å². The van der Waals surface area contributed by atoms with Crippen LogP contribution < -0.4 is 20.5 Å². The summed E-state index contributed by atoms with van der Waals surface area (Å²) in [6.07, 6.45) is 0. The van der Waals surface area contributed by atoms with Crippen LogP contribution >= 0.6 is 33.2 Å². The maximum absolute atomic E-state index is 6.14. The molecule has 0 bridgehead atoms. The van der Waals surface area contributed by atoms with Gasteiger partial charge in [0.25, 0.3) is 0 Å². The van der Waals surface area contributed by atoms with E-state index in [4.69, 9.17) is 33.2 Å². The molecule has 3 aromatic carbocycles. The monoisotopic (exact) mass is 451 g/mol. The number of nitrogens with zero attached hydrogens (tertiary/aromatic N) is 1. The van der Waals surface area contributed by atoms with Crippen LogP contribution in [0.3, 0.4) is 0 Å². The molecule has 3 aromatic rings. The fourth-order valence-corrected chi connectivity index (χ4v) is 5.54. The van der Waals surface area contributed by atoms with Crippen molar-refractivity contribution in [3.8, 4) is 0 Å². The maximum Gasteiger partial charge on any atom is 0.372 e. The van der Waals surface area contributed by atoms with Crippen LogP contribution in [0.2, 0.25) is 6.55 Å². The Labute approximate surface area is 175 Å². The van der Waals surface area contributed by atoms with Crippen molar-refractivity contribution in [1.29, 1.82) is 0 Å². The molecule has 0 heterocycles. The van der Waals surface area contributed by atoms with Crippen LogP contribution in [0.15, 0.2) is 72.8 Å². The molecule has 3 rings (SSSR count). The van der Waals surface area contributed by atoms with Crippen LogP contribution in [0.1, 0.15) is 0 Å². The van der Waals surface area contributed by atoms with Gasteiger partial charge in [0.15, 0.2) is 0 Å². The second-order valence-electron chi connectivity index (χ2n) is 6.24. The van der Waals surface area contributed by atoms with E-state index in [1.54, 1.807) is 0 Å². The van der Waals surface area contributed by atoms with Crippen LogP contribution in [-0.4, -0.2) is 25.8 Å². The van der Waals surface area contributed by atoms with E-state index < -0.39 is 6.00 Å². The number of halogens is 3. The zero-order valence-corrected chi connectivity index (χ0v) is 21.4. The molecule has 0 aliphatic carbocycles. The van der Waals surface area contributed by atoms with Crippen LogP contribution in [0.4, 0.5) is 17.1 Å². The third-order valence-corrected chi connectivity index (χ3v) is 9.25. The summed E-state index contributed by atoms with van der Waals surface area (Å²) in [5.41, 5.74) is 3.32. The molecule has 7 heteroatoms. The predicted octanol–water partition coefficient (Wildman–Crippen LogP) is 2.85. The van der Waals surface area contributed by atoms with Gasteiger partial charge in [0.05, 0.1) is 9.52 Å². The molecule has 0 N–H and O–H groups in total. The fourth-order valence-electron chi connectivity index (χ4n) is 2.82. The Morgan fingerprint density at radius 1 is 0.731 bits per heavy atom. The lowest BCUT2D eigenvalue weighted by Crippen LogP contribution is -2.29. The van der Waals surface area contributed by atoms with Crippen molar-refractivity contribution in [2.24, 2.45) is 0 Å². The van der Waals surface area contributed by atoms with Gasteiger partial charge in [-0.05, 0) is 41.6 Å². The highest BCUT2D eigenvalue weighted by molar-refractivity contribution is 7.69. The third-order valence-electron chi connectivity index (χ3n) is 4.35. The van der Waals surface area contributed by atoms with E-state index >= 15 is 0 Å². The highest BCUT2D eigenvalue weighted by atomic mass is 35.8. The lowest BCUT2D eigenvalue weighted by molar-refractivity contribution is 1.29. The van der Waals surface area contributed by atoms with Crippen molar-refractivity contribution in [2.45, 2.75) is 6.55 Å². The molecule has 134 valence electrons. The molecule has 0 aliphatic heterocycles. The Balaban J connectivity index is 2.06. The molecule has 0 saturated carbocycles. The Kier molecular flexibility index (Phi) is 6.33. The molecule has 0 fully saturated rings. The van der Waals surface area contributed by atoms with Crippen molar-refractivity contribution in [2.75, 3.05) is 4.90 Å². The second-order valence-corrected chi connectivity index (χ2v) is 17.3. The van der Waals surface area contributed by atoms with Gasteiger partial charge < -0.3 is 4.90 Å². The molecule has 0 unspecified atom stereocenters. The van der Waals surface area contributed by atoms with Crippen molar-refractivity contribution < 1.29 is 0 Å². The normalized spacial score (nSPS) is 12.0. The van der Waals surface area contributed by atoms with E-state index in [0.717, 1.165) is 32.5 Å². The number of hydrogen-bond acceptors (Lipinski definition) is 1. The maximum atomic E-state index is 6.14. The summed E-state index contributed by atoms with van der Waals surface area (Å²) in [5.74, 6) is 0. The van der Waals surface area contributed by atoms with Gasteiger partial charge in [-0.3, -0.25) is 0 Å². The zero-order valence-electron chi connectivity index (χ0n) is 14.7. The minimum Gasteiger partial charge on any atom is -0.311 e. The Morgan fingerprint density at radius 3 is 1.58 bits per heavy atom. The molecule has 26 heavy (non-hydrogen) atoms. The van der Waals surface area contributed by atoms with Gasteiger partial charge in [-0.1, -0.05) is 53.3 Å². The van der Waals surface area contributed by atoms with Crippen LogP contribution in [-0.2, 0) is 0 Å². The van der Waals surface area contributed by atoms with Crippen molar-refractivity contribution >= 4 is 91.6 Å². The van der Waals surface area contributed by atoms with Gasteiger partial charge in [0.2, 0.25) is 0 Å². The number of rotatable bonds is 5. The zero-order chi connectivity index (χ0) is 18.7. The topological polar surface area (TPSA) is 3.24 Å². The van der Waals surface area contributed by atoms with E-state index in [9.17, 15) is 0 Å². The second kappa shape index (κ2) is 8.33. The van der Waals surface area contributed by atoms with Gasteiger partial charge in [0.1, 0.15) is 0 Å². The van der Waals surface area contributed by atoms with Gasteiger partial charge in [-0.2, -0.15) is 0 Å². The van der Waals surface area contributed by atoms with Gasteiger partial charge in [-0.15, -0.1) is 33.2 Å². The molecular formula is C19H20Cl3NSi3. The molecule has 1 nitrogen and oxygen atoms in total. The van der Waals surface area contributed by atoms with E-state index in [1.807, 2.05) is 24.3 Å². The number of hydrogen-bond donors (Lipinski definition) is 0. The average molecular weight is 453 g/mol. The summed E-state index contributed by atoms with van der Waals surface area (Å²) < 4.78 is 0. The summed E-state index contributed by atoms with van der Waals surface area (Å²) in [7, 11) is 0.892. The molecule has 0 saturated heterocycles. The molecule has 0 atom stereocenters. The molecule has 0 aromatic heterocycles. The molecule has 0 spiro atoms. The lowest BCUT2D eigenvalue weighted by atomic mass is 10.2. The number of anilines is 3. The summed E-state index contributed by atoms with van der Waals surface area (Å²) in [6, 6.07) is 22.6. The van der Waals surface area contributed by atoms with Crippen LogP contribution in [0.25, 0.3) is 0 Å². The minimum absolute atomic E-state index is 0.155. The highest BCUT2D eigenvalue weighted by Gasteiger charge is 2.28. The van der Waals surface area contributed by atoms with Gasteiger partial charge >= 0.3 is 6.00 Å². The van der Waals surface area contributed by atoms with Crippen molar-refractivity contribution in [3.05, 3.63) is 72.8 Å². The molecule has 0 aliphatic rings. The smallest absolute Gasteiger partial charge is 0.311 e. The standard InChI is InChI=1S/C19H20Cl3NSi3/c1-25-18-10-4-15(5-11-18)23(14-2-8-17(24)9-3-14)16-6-12-19(13-7-16)26(20,21)22/h2-13H,25H2,1,24H3. The third kappa shape index (κ3) is 4.63. The molecule has 0 amide bonds. The van der Waals surface area contributed by atoms with Crippen molar-refractivity contribution in [3.63, 3.8) is 0 Å². The van der Waals surface area contributed by atoms with E-state index in [-0.39, 0.29) is 9.52 Å². The summed E-state index contributed by atoms with van der Waals surface area (Å²) in [5, 5.41) is 3.63. The average Bonchev–Trinajstić information content (AvgIpc) is 2.64. The Morgan fingerprint density at radius 2 is 1.15 bits per heavy atom. The quantitative estimate of drug-likeness (QED) is 0.425. The Bertz CT molecular complexity index is 861. The summed E-state index contributed by atoms with van der Waals surface area (Å²) >= 11 is 18.4. The Hall–Kier alpha value is -1.02. The highest BCUT2D eigenvalue weighted by Crippen LogP contribution is 2.33. The van der Waals surface area contributed by atoms with Crippen LogP contribution in [0.5, 0.6) is 0 Å². The SMILES string of the molecule is C[SiH2]c1ccc(N(c2ccc([SiH3])cc2)c2ccc([Si](Cl)(Cl)Cl)cc2)cc1. The fraction of sp³-hybridized carbons (Fsp3) is 0.0526. The van der Waals surface area contributed by atoms with E-state index in [0.29, 0.717) is 0 Å². The van der Waals surface area contributed by atoms with E-state index in [2.05, 4.69) is 60.0 Å². The minimum atomic E-state index is -2.86. The molecular weight excluding hydrogens is 433 g/mol. The van der Waals surface area contributed by atoms with Crippen LogP contribution in [0, 0.1) is 0 Å². The number of benzene rings is 3. The first-order valence-electron chi connectivity index (χ1n) is 8.51. The first kappa shape index (κ1) is 19.7. The first-order valence-corrected chi connectivity index (χ1v) is 16.7. The van der Waals surface area contributed by atoms with Gasteiger partial charge in [0, 0.05) is 27.3 Å². The molecule has 0 radical (unpaired) electrons. The van der Waals surface area contributed by atoms with Crippen molar-refractivity contribution in [1.82, 2.24) is 0 Å². The summed E-state index contributed by atoms with van der Waals surface area (Å²) in [4.78, 5) is 2.24.